The minimum absolute atomic E-state index is 0.00690. The highest BCUT2D eigenvalue weighted by Gasteiger charge is 2.05. The van der Waals surface area contributed by atoms with E-state index in [0.717, 1.165) is 18.2 Å². The molecule has 0 bridgehead atoms. The van der Waals surface area contributed by atoms with Gasteiger partial charge in [0.05, 0.1) is 0 Å². The maximum atomic E-state index is 13.2. The Morgan fingerprint density at radius 2 is 1.76 bits per heavy atom. The summed E-state index contributed by atoms with van der Waals surface area (Å²) in [6.07, 6.45) is 1.41. The Morgan fingerprint density at radius 3 is 2.41 bits per heavy atom. The van der Waals surface area contributed by atoms with Crippen LogP contribution in [0.1, 0.15) is 5.69 Å². The number of ether oxygens (including phenoxy) is 1. The number of pyridine rings is 1. The van der Waals surface area contributed by atoms with Crippen molar-refractivity contribution >= 4 is 0 Å². The molecule has 0 N–H and O–H groups in total. The van der Waals surface area contributed by atoms with Crippen molar-refractivity contribution in [2.45, 2.75) is 6.61 Å². The van der Waals surface area contributed by atoms with E-state index in [0.29, 0.717) is 0 Å². The first-order chi connectivity index (χ1) is 8.15. The summed E-state index contributed by atoms with van der Waals surface area (Å²) in [5.41, 5.74) is 0.0807. The van der Waals surface area contributed by atoms with Crippen LogP contribution in [0.4, 0.5) is 13.2 Å². The van der Waals surface area contributed by atoms with Crippen molar-refractivity contribution in [1.29, 1.82) is 0 Å². The lowest BCUT2D eigenvalue weighted by atomic mass is 10.3. The van der Waals surface area contributed by atoms with Crippen LogP contribution in [-0.4, -0.2) is 4.98 Å². The van der Waals surface area contributed by atoms with Gasteiger partial charge in [-0.25, -0.2) is 13.2 Å². The van der Waals surface area contributed by atoms with Gasteiger partial charge in [-0.3, -0.25) is 4.98 Å². The first-order valence-corrected chi connectivity index (χ1v) is 4.83. The molecule has 2 aromatic rings. The van der Waals surface area contributed by atoms with Gasteiger partial charge in [0.15, 0.2) is 0 Å². The number of aromatic nitrogens is 1. The monoisotopic (exact) mass is 239 g/mol. The molecule has 1 heterocycles. The number of rotatable bonds is 3. The molecule has 0 spiro atoms. The molecular weight excluding hydrogens is 231 g/mol. The van der Waals surface area contributed by atoms with Crippen molar-refractivity contribution < 1.29 is 17.9 Å². The van der Waals surface area contributed by atoms with Crippen LogP contribution in [0.25, 0.3) is 0 Å². The molecule has 0 amide bonds. The van der Waals surface area contributed by atoms with E-state index in [1.54, 1.807) is 0 Å². The van der Waals surface area contributed by atoms with E-state index in [1.165, 1.54) is 18.3 Å². The highest BCUT2D eigenvalue weighted by molar-refractivity contribution is 5.24. The summed E-state index contributed by atoms with van der Waals surface area (Å²) in [6, 6.07) is 5.45. The third-order valence-electron chi connectivity index (χ3n) is 2.05. The maximum absolute atomic E-state index is 13.2. The molecule has 0 fully saturated rings. The van der Waals surface area contributed by atoms with Crippen molar-refractivity contribution in [3.05, 3.63) is 59.7 Å². The first kappa shape index (κ1) is 11.4. The first-order valence-electron chi connectivity index (χ1n) is 4.83. The summed E-state index contributed by atoms with van der Waals surface area (Å²) < 4.78 is 43.9. The Kier molecular flexibility index (Phi) is 3.27. The predicted molar refractivity (Wildman–Crippen MR) is 54.9 cm³/mol. The van der Waals surface area contributed by atoms with Gasteiger partial charge < -0.3 is 4.74 Å². The van der Waals surface area contributed by atoms with Crippen molar-refractivity contribution in [3.8, 4) is 5.75 Å². The fourth-order valence-electron chi connectivity index (χ4n) is 1.29. The highest BCUT2D eigenvalue weighted by atomic mass is 19.1. The third kappa shape index (κ3) is 2.96. The van der Waals surface area contributed by atoms with Gasteiger partial charge >= 0.3 is 0 Å². The topological polar surface area (TPSA) is 22.1 Å². The summed E-state index contributed by atoms with van der Waals surface area (Å²) in [7, 11) is 0. The summed E-state index contributed by atoms with van der Waals surface area (Å²) in [5.74, 6) is -2.03. The fraction of sp³-hybridized carbons (Fsp3) is 0.0833. The van der Waals surface area contributed by atoms with Gasteiger partial charge in [-0.1, -0.05) is 0 Å². The zero-order valence-corrected chi connectivity index (χ0v) is 8.66. The van der Waals surface area contributed by atoms with Gasteiger partial charge in [-0.2, -0.15) is 0 Å². The highest BCUT2D eigenvalue weighted by Crippen LogP contribution is 2.17. The van der Waals surface area contributed by atoms with Crippen molar-refractivity contribution in [1.82, 2.24) is 4.98 Å². The molecule has 1 aromatic carbocycles. The second-order valence-electron chi connectivity index (χ2n) is 3.33. The number of hydrogen-bond acceptors (Lipinski definition) is 2. The smallest absolute Gasteiger partial charge is 0.148 e. The second kappa shape index (κ2) is 4.86. The minimum Gasteiger partial charge on any atom is -0.487 e. The summed E-state index contributed by atoms with van der Waals surface area (Å²) in [5, 5.41) is 0. The molecule has 0 unspecified atom stereocenters. The number of hydrogen-bond donors (Lipinski definition) is 0. The minimum atomic E-state index is -0.749. The van der Waals surface area contributed by atoms with Crippen LogP contribution in [0.15, 0.2) is 36.5 Å². The van der Waals surface area contributed by atoms with Gasteiger partial charge in [0.1, 0.15) is 35.5 Å². The van der Waals surface area contributed by atoms with Gasteiger partial charge in [-0.05, 0) is 12.1 Å². The van der Waals surface area contributed by atoms with E-state index in [9.17, 15) is 13.2 Å². The lowest BCUT2D eigenvalue weighted by Crippen LogP contribution is -2.01. The van der Waals surface area contributed by atoms with Gasteiger partial charge in [0, 0.05) is 24.4 Å². The second-order valence-corrected chi connectivity index (χ2v) is 3.33. The predicted octanol–water partition coefficient (Wildman–Crippen LogP) is 3.08. The quantitative estimate of drug-likeness (QED) is 0.821. The lowest BCUT2D eigenvalue weighted by Gasteiger charge is -2.06. The number of nitrogens with zero attached hydrogens (tertiary/aromatic N) is 1. The molecule has 2 rings (SSSR count). The molecule has 2 nitrogen and oxygen atoms in total. The molecule has 0 aliphatic carbocycles. The Bertz CT molecular complexity index is 511. The Labute approximate surface area is 95.7 Å². The van der Waals surface area contributed by atoms with Crippen LogP contribution in [0.5, 0.6) is 5.75 Å². The van der Waals surface area contributed by atoms with Crippen molar-refractivity contribution in [3.63, 3.8) is 0 Å². The van der Waals surface area contributed by atoms with E-state index in [1.807, 2.05) is 0 Å². The standard InChI is InChI=1S/C12H8F3NO/c13-8-4-9(14)6-10(5-8)17-7-12-11(15)2-1-3-16-12/h1-6H,7H2. The summed E-state index contributed by atoms with van der Waals surface area (Å²) in [6.45, 7) is -0.185. The van der Waals surface area contributed by atoms with E-state index in [4.69, 9.17) is 4.74 Å². The Balaban J connectivity index is 2.10. The molecule has 0 radical (unpaired) electrons. The molecule has 0 saturated carbocycles. The normalized spacial score (nSPS) is 10.3. The average molecular weight is 239 g/mol. The fourth-order valence-corrected chi connectivity index (χ4v) is 1.29. The lowest BCUT2D eigenvalue weighted by molar-refractivity contribution is 0.291. The molecule has 0 atom stereocenters. The molecule has 0 aliphatic heterocycles. The van der Waals surface area contributed by atoms with Gasteiger partial charge in [-0.15, -0.1) is 0 Å². The van der Waals surface area contributed by atoms with Crippen LogP contribution in [0.2, 0.25) is 0 Å². The maximum Gasteiger partial charge on any atom is 0.148 e. The average Bonchev–Trinajstić information content (AvgIpc) is 2.27. The van der Waals surface area contributed by atoms with Crippen LogP contribution in [-0.2, 0) is 6.61 Å². The molecule has 17 heavy (non-hydrogen) atoms. The summed E-state index contributed by atoms with van der Waals surface area (Å²) in [4.78, 5) is 3.75. The SMILES string of the molecule is Fc1cc(F)cc(OCc2ncccc2F)c1. The zero-order valence-electron chi connectivity index (χ0n) is 8.66. The van der Waals surface area contributed by atoms with Crippen molar-refractivity contribution in [2.24, 2.45) is 0 Å². The van der Waals surface area contributed by atoms with Gasteiger partial charge in [0.25, 0.3) is 0 Å². The van der Waals surface area contributed by atoms with E-state index in [2.05, 4.69) is 4.98 Å². The zero-order chi connectivity index (χ0) is 12.3. The number of halogens is 3. The molecule has 0 saturated heterocycles. The van der Waals surface area contributed by atoms with E-state index >= 15 is 0 Å². The summed E-state index contributed by atoms with van der Waals surface area (Å²) >= 11 is 0. The van der Waals surface area contributed by atoms with Gasteiger partial charge in [0.2, 0.25) is 0 Å². The largest absolute Gasteiger partial charge is 0.487 e. The van der Waals surface area contributed by atoms with E-state index in [-0.39, 0.29) is 18.1 Å². The van der Waals surface area contributed by atoms with Crippen LogP contribution >= 0.6 is 0 Å². The molecular formula is C12H8F3NO. The van der Waals surface area contributed by atoms with Crippen LogP contribution < -0.4 is 4.74 Å². The molecule has 5 heteroatoms. The molecule has 88 valence electrons. The van der Waals surface area contributed by atoms with Crippen LogP contribution in [0, 0.1) is 17.5 Å². The van der Waals surface area contributed by atoms with E-state index < -0.39 is 17.5 Å². The van der Waals surface area contributed by atoms with Crippen molar-refractivity contribution in [2.75, 3.05) is 0 Å². The molecule has 1 aromatic heterocycles. The van der Waals surface area contributed by atoms with Crippen LogP contribution in [0.3, 0.4) is 0 Å². The number of benzene rings is 1. The third-order valence-corrected chi connectivity index (χ3v) is 2.05. The Morgan fingerprint density at radius 1 is 1.06 bits per heavy atom. The Hall–Kier alpha value is -2.04. The molecule has 0 aliphatic rings.